The first-order valence-corrected chi connectivity index (χ1v) is 11.2. The summed E-state index contributed by atoms with van der Waals surface area (Å²) in [6, 6.07) is 25.4. The van der Waals surface area contributed by atoms with Crippen molar-refractivity contribution in [2.75, 3.05) is 29.9 Å². The van der Waals surface area contributed by atoms with Gasteiger partial charge in [-0.1, -0.05) is 30.3 Å². The van der Waals surface area contributed by atoms with Crippen LogP contribution < -0.4 is 20.3 Å². The summed E-state index contributed by atoms with van der Waals surface area (Å²) in [4.78, 5) is 25.9. The van der Waals surface area contributed by atoms with E-state index in [9.17, 15) is 9.59 Å². The Labute approximate surface area is 194 Å². The highest BCUT2D eigenvalue weighted by Crippen LogP contribution is 2.23. The Hall–Kier alpha value is -3.64. The van der Waals surface area contributed by atoms with Gasteiger partial charge in [0, 0.05) is 30.5 Å². The number of rotatable bonds is 9. The summed E-state index contributed by atoms with van der Waals surface area (Å²) in [5.74, 6) is 1.61. The van der Waals surface area contributed by atoms with Gasteiger partial charge in [0.2, 0.25) is 5.91 Å². The fourth-order valence-electron chi connectivity index (χ4n) is 3.90. The first kappa shape index (κ1) is 22.6. The molecule has 1 amide bonds. The monoisotopic (exact) mass is 443 g/mol. The van der Waals surface area contributed by atoms with Gasteiger partial charge in [-0.05, 0) is 67.4 Å². The molecular formula is C27H29N3O3. The third-order valence-corrected chi connectivity index (χ3v) is 5.61. The van der Waals surface area contributed by atoms with Gasteiger partial charge in [-0.2, -0.15) is 0 Å². The molecule has 0 saturated carbocycles. The number of Topliss-reactive ketones (excluding diaryl/α,β-unsaturated/α-hetero) is 1. The molecule has 1 atom stereocenters. The summed E-state index contributed by atoms with van der Waals surface area (Å²) in [5, 5.41) is 6.27. The van der Waals surface area contributed by atoms with Crippen LogP contribution in [-0.4, -0.2) is 37.4 Å². The molecule has 1 saturated heterocycles. The molecular weight excluding hydrogens is 414 g/mol. The van der Waals surface area contributed by atoms with E-state index in [0.717, 1.165) is 47.9 Å². The van der Waals surface area contributed by atoms with E-state index >= 15 is 0 Å². The predicted octanol–water partition coefficient (Wildman–Crippen LogP) is 4.42. The maximum atomic E-state index is 12.5. The van der Waals surface area contributed by atoms with E-state index in [2.05, 4.69) is 15.5 Å². The molecule has 3 aromatic rings. The van der Waals surface area contributed by atoms with Crippen molar-refractivity contribution in [2.45, 2.75) is 25.8 Å². The van der Waals surface area contributed by atoms with E-state index in [1.807, 2.05) is 78.9 Å². The summed E-state index contributed by atoms with van der Waals surface area (Å²) in [6.07, 6.45) is 1.31. The summed E-state index contributed by atoms with van der Waals surface area (Å²) in [7, 11) is 0. The van der Waals surface area contributed by atoms with Crippen LogP contribution in [0.4, 0.5) is 11.4 Å². The van der Waals surface area contributed by atoms with Crippen LogP contribution in [0.2, 0.25) is 0 Å². The number of carbonyl (C=O) groups is 2. The van der Waals surface area contributed by atoms with E-state index in [-0.39, 0.29) is 11.7 Å². The van der Waals surface area contributed by atoms with Gasteiger partial charge in [0.05, 0.1) is 13.0 Å². The lowest BCUT2D eigenvalue weighted by molar-refractivity contribution is -0.116. The van der Waals surface area contributed by atoms with E-state index < -0.39 is 0 Å². The lowest BCUT2D eigenvalue weighted by Gasteiger charge is -2.19. The quantitative estimate of drug-likeness (QED) is 0.512. The lowest BCUT2D eigenvalue weighted by Crippen LogP contribution is -2.35. The fourth-order valence-corrected chi connectivity index (χ4v) is 3.90. The number of carbonyl (C=O) groups excluding carboxylic acids is 2. The van der Waals surface area contributed by atoms with Gasteiger partial charge in [0.1, 0.15) is 17.3 Å². The van der Waals surface area contributed by atoms with E-state index in [1.165, 1.54) is 0 Å². The van der Waals surface area contributed by atoms with Gasteiger partial charge >= 0.3 is 0 Å². The summed E-state index contributed by atoms with van der Waals surface area (Å²) in [6.45, 7) is 3.85. The fraction of sp³-hybridized carbons (Fsp3) is 0.259. The molecule has 0 aliphatic carbocycles. The number of para-hydroxylation sites is 1. The van der Waals surface area contributed by atoms with Crippen molar-refractivity contribution >= 4 is 23.1 Å². The second-order valence-electron chi connectivity index (χ2n) is 8.35. The number of hydrogen-bond donors (Lipinski definition) is 2. The third kappa shape index (κ3) is 6.67. The van der Waals surface area contributed by atoms with Gasteiger partial charge < -0.3 is 20.3 Å². The standard InChI is InChI=1S/C27H29N3O3/c1-20(31)18-28-23-15-16-30(19-23)24-11-9-22(10-12-24)29-27(32)17-21-7-13-26(14-8-21)33-25-5-3-2-4-6-25/h2-14,23,28H,15-19H2,1H3,(H,29,32). The minimum Gasteiger partial charge on any atom is -0.457 e. The Bertz CT molecular complexity index is 1070. The van der Waals surface area contributed by atoms with Crippen molar-refractivity contribution < 1.29 is 14.3 Å². The first-order valence-electron chi connectivity index (χ1n) is 11.2. The Morgan fingerprint density at radius 3 is 2.33 bits per heavy atom. The maximum Gasteiger partial charge on any atom is 0.228 e. The van der Waals surface area contributed by atoms with Crippen molar-refractivity contribution in [1.29, 1.82) is 0 Å². The molecule has 1 aliphatic heterocycles. The minimum absolute atomic E-state index is 0.0610. The molecule has 0 spiro atoms. The number of nitrogens with one attached hydrogen (secondary N) is 2. The average molecular weight is 444 g/mol. The number of ketones is 1. The van der Waals surface area contributed by atoms with Crippen molar-refractivity contribution in [3.8, 4) is 11.5 Å². The van der Waals surface area contributed by atoms with Crippen molar-refractivity contribution in [2.24, 2.45) is 0 Å². The van der Waals surface area contributed by atoms with E-state index in [4.69, 9.17) is 4.74 Å². The minimum atomic E-state index is -0.0610. The molecule has 1 unspecified atom stereocenters. The van der Waals surface area contributed by atoms with Crippen molar-refractivity contribution in [1.82, 2.24) is 5.32 Å². The molecule has 4 rings (SSSR count). The molecule has 1 fully saturated rings. The lowest BCUT2D eigenvalue weighted by atomic mass is 10.1. The smallest absolute Gasteiger partial charge is 0.228 e. The van der Waals surface area contributed by atoms with Crippen LogP contribution in [0, 0.1) is 0 Å². The van der Waals surface area contributed by atoms with E-state index in [1.54, 1.807) is 6.92 Å². The zero-order valence-corrected chi connectivity index (χ0v) is 18.8. The van der Waals surface area contributed by atoms with Crippen molar-refractivity contribution in [3.05, 3.63) is 84.4 Å². The number of amides is 1. The van der Waals surface area contributed by atoms with Crippen LogP contribution in [-0.2, 0) is 16.0 Å². The summed E-state index contributed by atoms with van der Waals surface area (Å²) < 4.78 is 5.79. The molecule has 0 bridgehead atoms. The highest BCUT2D eigenvalue weighted by atomic mass is 16.5. The number of anilines is 2. The number of ether oxygens (including phenoxy) is 1. The van der Waals surface area contributed by atoms with Crippen LogP contribution in [0.3, 0.4) is 0 Å². The molecule has 0 radical (unpaired) electrons. The number of hydrogen-bond acceptors (Lipinski definition) is 5. The Kier molecular flexibility index (Phi) is 7.37. The topological polar surface area (TPSA) is 70.7 Å². The number of benzene rings is 3. The average Bonchev–Trinajstić information content (AvgIpc) is 3.29. The summed E-state index contributed by atoms with van der Waals surface area (Å²) >= 11 is 0. The van der Waals surface area contributed by atoms with E-state index in [0.29, 0.717) is 19.0 Å². The zero-order valence-electron chi connectivity index (χ0n) is 18.8. The molecule has 6 heteroatoms. The Morgan fingerprint density at radius 1 is 0.939 bits per heavy atom. The van der Waals surface area contributed by atoms with Crippen molar-refractivity contribution in [3.63, 3.8) is 0 Å². The maximum absolute atomic E-state index is 12.5. The molecule has 170 valence electrons. The molecule has 3 aromatic carbocycles. The van der Waals surface area contributed by atoms with Crippen LogP contribution >= 0.6 is 0 Å². The molecule has 2 N–H and O–H groups in total. The zero-order chi connectivity index (χ0) is 23.0. The molecule has 0 aromatic heterocycles. The largest absolute Gasteiger partial charge is 0.457 e. The van der Waals surface area contributed by atoms with Crippen LogP contribution in [0.15, 0.2) is 78.9 Å². The SMILES string of the molecule is CC(=O)CNC1CCN(c2ccc(NC(=O)Cc3ccc(Oc4ccccc4)cc3)cc2)C1. The van der Waals surface area contributed by atoms with Gasteiger partial charge in [0.25, 0.3) is 0 Å². The second kappa shape index (κ2) is 10.8. The van der Waals surface area contributed by atoms with Crippen LogP contribution in [0.5, 0.6) is 11.5 Å². The Balaban J connectivity index is 1.25. The van der Waals surface area contributed by atoms with Gasteiger partial charge in [-0.3, -0.25) is 9.59 Å². The highest BCUT2D eigenvalue weighted by molar-refractivity contribution is 5.92. The predicted molar refractivity (Wildman–Crippen MR) is 131 cm³/mol. The number of nitrogens with zero attached hydrogens (tertiary/aromatic N) is 1. The van der Waals surface area contributed by atoms with Gasteiger partial charge in [-0.15, -0.1) is 0 Å². The van der Waals surface area contributed by atoms with Crippen LogP contribution in [0.25, 0.3) is 0 Å². The second-order valence-corrected chi connectivity index (χ2v) is 8.35. The normalized spacial score (nSPS) is 15.3. The van der Waals surface area contributed by atoms with Gasteiger partial charge in [0.15, 0.2) is 0 Å². The van der Waals surface area contributed by atoms with Gasteiger partial charge in [-0.25, -0.2) is 0 Å². The molecule has 33 heavy (non-hydrogen) atoms. The molecule has 6 nitrogen and oxygen atoms in total. The first-order chi connectivity index (χ1) is 16.0. The van der Waals surface area contributed by atoms with Crippen LogP contribution in [0.1, 0.15) is 18.9 Å². The molecule has 1 heterocycles. The molecule has 1 aliphatic rings. The summed E-state index contributed by atoms with van der Waals surface area (Å²) in [5.41, 5.74) is 2.82. The third-order valence-electron chi connectivity index (χ3n) is 5.61. The highest BCUT2D eigenvalue weighted by Gasteiger charge is 2.22. The Morgan fingerprint density at radius 2 is 1.64 bits per heavy atom.